The molecule has 0 bridgehead atoms. The van der Waals surface area contributed by atoms with E-state index in [9.17, 15) is 14.4 Å². The Morgan fingerprint density at radius 3 is 2.00 bits per heavy atom. The molecule has 0 aromatic heterocycles. The molecule has 0 unspecified atom stereocenters. The number of unbranched alkanes of at least 4 members (excludes halogenated alkanes) is 9. The molecule has 0 aliphatic heterocycles. The van der Waals surface area contributed by atoms with E-state index in [1.807, 2.05) is 0 Å². The van der Waals surface area contributed by atoms with E-state index in [2.05, 4.69) is 23.8 Å². The van der Waals surface area contributed by atoms with Crippen molar-refractivity contribution >= 4 is 17.9 Å². The molecule has 0 aliphatic rings. The number of hydrogen-bond acceptors (Lipinski definition) is 6. The summed E-state index contributed by atoms with van der Waals surface area (Å²) in [7, 11) is 4.11. The Bertz CT molecular complexity index is 514. The van der Waals surface area contributed by atoms with Gasteiger partial charge in [-0.15, -0.1) is 0 Å². The molecule has 180 valence electrons. The summed E-state index contributed by atoms with van der Waals surface area (Å²) in [5, 5.41) is 0. The van der Waals surface area contributed by atoms with Gasteiger partial charge in [0, 0.05) is 6.42 Å². The molecule has 0 aromatic carbocycles. The molecule has 0 fully saturated rings. The average Bonchev–Trinajstić information content (AvgIpc) is 2.79. The molecule has 0 saturated carbocycles. The molecule has 6 heteroatoms. The van der Waals surface area contributed by atoms with Crippen molar-refractivity contribution < 1.29 is 28.6 Å². The van der Waals surface area contributed by atoms with E-state index < -0.39 is 11.9 Å². The summed E-state index contributed by atoms with van der Waals surface area (Å²) in [6, 6.07) is 0. The van der Waals surface area contributed by atoms with Crippen molar-refractivity contribution in [2.24, 2.45) is 11.8 Å². The zero-order valence-electron chi connectivity index (χ0n) is 20.2. The van der Waals surface area contributed by atoms with E-state index in [-0.39, 0.29) is 24.3 Å². The van der Waals surface area contributed by atoms with Crippen LogP contribution in [0.3, 0.4) is 0 Å². The first kappa shape index (κ1) is 29.1. The summed E-state index contributed by atoms with van der Waals surface area (Å²) < 4.78 is 14.4. The first-order chi connectivity index (χ1) is 15.0. The minimum atomic E-state index is -0.520. The van der Waals surface area contributed by atoms with Crippen LogP contribution in [0.5, 0.6) is 0 Å². The lowest BCUT2D eigenvalue weighted by Crippen LogP contribution is -2.27. The molecule has 0 aromatic rings. The molecule has 2 atom stereocenters. The molecule has 0 saturated heterocycles. The average molecular weight is 441 g/mol. The second-order valence-electron chi connectivity index (χ2n) is 8.09. The predicted molar refractivity (Wildman–Crippen MR) is 122 cm³/mol. The van der Waals surface area contributed by atoms with Crippen LogP contribution in [0, 0.1) is 11.8 Å². The summed E-state index contributed by atoms with van der Waals surface area (Å²) in [6.07, 6.45) is 17.5. The molecule has 0 radical (unpaired) electrons. The van der Waals surface area contributed by atoms with Gasteiger partial charge in [-0.3, -0.25) is 14.4 Å². The largest absolute Gasteiger partial charge is 0.469 e. The second kappa shape index (κ2) is 20.1. The normalized spacial score (nSPS) is 13.0. The number of methoxy groups -OCH3 is 3. The third-order valence-electron chi connectivity index (χ3n) is 5.64. The smallest absolute Gasteiger partial charge is 0.309 e. The topological polar surface area (TPSA) is 78.9 Å². The van der Waals surface area contributed by atoms with E-state index in [0.29, 0.717) is 6.42 Å². The lowest BCUT2D eigenvalue weighted by Gasteiger charge is -2.22. The molecule has 0 heterocycles. The zero-order chi connectivity index (χ0) is 23.3. The van der Waals surface area contributed by atoms with Gasteiger partial charge >= 0.3 is 17.9 Å². The van der Waals surface area contributed by atoms with E-state index in [0.717, 1.165) is 51.4 Å². The number of allylic oxidation sites excluding steroid dienone is 2. The van der Waals surface area contributed by atoms with Gasteiger partial charge in [0.05, 0.1) is 33.7 Å². The minimum Gasteiger partial charge on any atom is -0.469 e. The Morgan fingerprint density at radius 1 is 0.742 bits per heavy atom. The lowest BCUT2D eigenvalue weighted by atomic mass is 9.84. The molecular formula is C25H44O6. The molecule has 0 aliphatic carbocycles. The SMILES string of the molecule is CCCCCCC/C=C/[C@H](CCCCCCCC(=O)OC)[C@@H](CC(=O)OC)C(=O)OC. The fourth-order valence-electron chi connectivity index (χ4n) is 3.67. The Balaban J connectivity index is 4.70. The maximum absolute atomic E-state index is 12.4. The first-order valence-electron chi connectivity index (χ1n) is 11.9. The van der Waals surface area contributed by atoms with Gasteiger partial charge in [0.2, 0.25) is 0 Å². The first-order valence-corrected chi connectivity index (χ1v) is 11.9. The number of ether oxygens (including phenoxy) is 3. The van der Waals surface area contributed by atoms with Gasteiger partial charge in [0.1, 0.15) is 0 Å². The van der Waals surface area contributed by atoms with Crippen LogP contribution in [0.2, 0.25) is 0 Å². The Morgan fingerprint density at radius 2 is 1.35 bits per heavy atom. The fraction of sp³-hybridized carbons (Fsp3) is 0.800. The Labute approximate surface area is 189 Å². The summed E-state index contributed by atoms with van der Waals surface area (Å²) >= 11 is 0. The number of carbonyl (C=O) groups is 3. The van der Waals surface area contributed by atoms with Crippen LogP contribution in [0.15, 0.2) is 12.2 Å². The quantitative estimate of drug-likeness (QED) is 0.110. The van der Waals surface area contributed by atoms with Crippen LogP contribution in [-0.2, 0) is 28.6 Å². The molecule has 0 N–H and O–H groups in total. The minimum absolute atomic E-state index is 0.0355. The van der Waals surface area contributed by atoms with Gasteiger partial charge < -0.3 is 14.2 Å². The van der Waals surface area contributed by atoms with Crippen LogP contribution in [0.1, 0.15) is 96.8 Å². The van der Waals surface area contributed by atoms with Crippen molar-refractivity contribution in [3.05, 3.63) is 12.2 Å². The second-order valence-corrected chi connectivity index (χ2v) is 8.09. The highest BCUT2D eigenvalue weighted by molar-refractivity contribution is 5.80. The lowest BCUT2D eigenvalue weighted by molar-refractivity contribution is -0.153. The van der Waals surface area contributed by atoms with Crippen molar-refractivity contribution in [1.29, 1.82) is 0 Å². The highest BCUT2D eigenvalue weighted by Crippen LogP contribution is 2.26. The summed E-state index contributed by atoms with van der Waals surface area (Å²) in [4.78, 5) is 35.4. The fourth-order valence-corrected chi connectivity index (χ4v) is 3.67. The number of carbonyl (C=O) groups excluding carboxylic acids is 3. The van der Waals surface area contributed by atoms with Gasteiger partial charge in [-0.25, -0.2) is 0 Å². The Hall–Kier alpha value is -1.85. The molecule has 31 heavy (non-hydrogen) atoms. The molecule has 0 rings (SSSR count). The number of hydrogen-bond donors (Lipinski definition) is 0. The summed E-state index contributed by atoms with van der Waals surface area (Å²) in [5.41, 5.74) is 0. The summed E-state index contributed by atoms with van der Waals surface area (Å²) in [6.45, 7) is 2.21. The zero-order valence-corrected chi connectivity index (χ0v) is 20.2. The van der Waals surface area contributed by atoms with Crippen LogP contribution in [0.4, 0.5) is 0 Å². The van der Waals surface area contributed by atoms with Crippen molar-refractivity contribution in [1.82, 2.24) is 0 Å². The van der Waals surface area contributed by atoms with Gasteiger partial charge in [-0.1, -0.05) is 70.4 Å². The van der Waals surface area contributed by atoms with E-state index in [1.54, 1.807) is 0 Å². The van der Waals surface area contributed by atoms with E-state index in [1.165, 1.54) is 47.0 Å². The van der Waals surface area contributed by atoms with Crippen molar-refractivity contribution in [3.8, 4) is 0 Å². The van der Waals surface area contributed by atoms with Gasteiger partial charge in [-0.2, -0.15) is 0 Å². The standard InChI is InChI=1S/C25H44O6/c1-5-6-7-8-9-11-14-17-21(22(25(28)31-4)20-24(27)30-3)18-15-12-10-13-16-19-23(26)29-2/h14,17,21-22H,5-13,15-16,18-20H2,1-4H3/b17-14+/t21-,22-/m1/s1. The van der Waals surface area contributed by atoms with E-state index in [4.69, 9.17) is 9.47 Å². The van der Waals surface area contributed by atoms with Gasteiger partial charge in [0.15, 0.2) is 0 Å². The number of esters is 3. The van der Waals surface area contributed by atoms with Crippen LogP contribution >= 0.6 is 0 Å². The monoisotopic (exact) mass is 440 g/mol. The summed E-state index contributed by atoms with van der Waals surface area (Å²) in [5.74, 6) is -1.48. The maximum Gasteiger partial charge on any atom is 0.309 e. The highest BCUT2D eigenvalue weighted by Gasteiger charge is 2.30. The number of rotatable bonds is 19. The predicted octanol–water partition coefficient (Wildman–Crippen LogP) is 5.78. The van der Waals surface area contributed by atoms with Crippen LogP contribution in [-0.4, -0.2) is 39.2 Å². The third-order valence-corrected chi connectivity index (χ3v) is 5.64. The van der Waals surface area contributed by atoms with Gasteiger partial charge in [-0.05, 0) is 31.6 Å². The molecule has 6 nitrogen and oxygen atoms in total. The highest BCUT2D eigenvalue weighted by atomic mass is 16.5. The molecule has 0 spiro atoms. The van der Waals surface area contributed by atoms with Crippen molar-refractivity contribution in [2.75, 3.05) is 21.3 Å². The van der Waals surface area contributed by atoms with E-state index >= 15 is 0 Å². The Kier molecular flexibility index (Phi) is 18.9. The molecular weight excluding hydrogens is 396 g/mol. The molecule has 0 amide bonds. The van der Waals surface area contributed by atoms with Crippen LogP contribution in [0.25, 0.3) is 0 Å². The van der Waals surface area contributed by atoms with Gasteiger partial charge in [0.25, 0.3) is 0 Å². The maximum atomic E-state index is 12.4. The van der Waals surface area contributed by atoms with Crippen molar-refractivity contribution in [3.63, 3.8) is 0 Å². The van der Waals surface area contributed by atoms with Crippen LogP contribution < -0.4 is 0 Å². The van der Waals surface area contributed by atoms with Crippen molar-refractivity contribution in [2.45, 2.75) is 96.8 Å². The third kappa shape index (κ3) is 15.6.